The van der Waals surface area contributed by atoms with Crippen LogP contribution >= 0.6 is 0 Å². The molecule has 4 N–H and O–H groups in total. The van der Waals surface area contributed by atoms with Crippen LogP contribution < -0.4 is 15.4 Å². The van der Waals surface area contributed by atoms with Gasteiger partial charge < -0.3 is 25.4 Å². The van der Waals surface area contributed by atoms with E-state index in [0.29, 0.717) is 12.2 Å². The van der Waals surface area contributed by atoms with Crippen molar-refractivity contribution in [3.63, 3.8) is 0 Å². The lowest BCUT2D eigenvalue weighted by Gasteiger charge is -2.27. The quantitative estimate of drug-likeness (QED) is 0.327. The molecule has 7 nitrogen and oxygen atoms in total. The van der Waals surface area contributed by atoms with E-state index in [-0.39, 0.29) is 24.9 Å². The van der Waals surface area contributed by atoms with Crippen LogP contribution in [0.25, 0.3) is 0 Å². The van der Waals surface area contributed by atoms with Gasteiger partial charge in [-0.05, 0) is 37.3 Å². The molecule has 0 radical (unpaired) electrons. The fraction of sp³-hybridized carbons (Fsp3) is 0.524. The first-order valence-electron chi connectivity index (χ1n) is 9.72. The highest BCUT2D eigenvalue weighted by atomic mass is 16.5. The average molecular weight is 402 g/mol. The second-order valence-electron chi connectivity index (χ2n) is 7.69. The first-order valence-corrected chi connectivity index (χ1v) is 9.72. The number of amides is 2. The molecule has 29 heavy (non-hydrogen) atoms. The van der Waals surface area contributed by atoms with Gasteiger partial charge in [0.2, 0.25) is 5.91 Å². The maximum absolute atomic E-state index is 12.7. The Bertz CT molecular complexity index is 700. The number of ether oxygens (including phenoxy) is 1. The first-order chi connectivity index (χ1) is 13.6. The van der Waals surface area contributed by atoms with Crippen LogP contribution in [0, 0.1) is 31.1 Å². The van der Waals surface area contributed by atoms with E-state index < -0.39 is 30.9 Å². The standard InChI is InChI=1S/C21H31BN2O5/c1-6-7-16(5)20(21(26)23-18(22(27)28)12-14(2)3)24-19(25)13-29-17-10-8-15(4)9-11-17/h1,8-11,14,16,18,20,27-28H,7,12-13H2,2-5H3,(H,23,26)(H,24,25)/t16-,18-,20-/m0/s1. The lowest BCUT2D eigenvalue weighted by Crippen LogP contribution is -2.56. The summed E-state index contributed by atoms with van der Waals surface area (Å²) in [6.07, 6.45) is 6.01. The molecule has 0 aliphatic carbocycles. The zero-order chi connectivity index (χ0) is 22.0. The molecule has 2 amide bonds. The molecule has 0 spiro atoms. The molecule has 0 heterocycles. The smallest absolute Gasteiger partial charge is 0.475 e. The van der Waals surface area contributed by atoms with Gasteiger partial charge in [-0.3, -0.25) is 9.59 Å². The minimum atomic E-state index is -1.70. The van der Waals surface area contributed by atoms with Gasteiger partial charge in [-0.1, -0.05) is 38.5 Å². The van der Waals surface area contributed by atoms with Crippen molar-refractivity contribution in [3.05, 3.63) is 29.8 Å². The maximum atomic E-state index is 12.7. The molecule has 0 saturated carbocycles. The van der Waals surface area contributed by atoms with Crippen LogP contribution in [0.2, 0.25) is 0 Å². The summed E-state index contributed by atoms with van der Waals surface area (Å²) >= 11 is 0. The number of rotatable bonds is 11. The molecule has 1 aromatic rings. The molecule has 0 unspecified atom stereocenters. The van der Waals surface area contributed by atoms with Crippen molar-refractivity contribution in [2.75, 3.05) is 6.61 Å². The van der Waals surface area contributed by atoms with Gasteiger partial charge in [-0.15, -0.1) is 12.3 Å². The summed E-state index contributed by atoms with van der Waals surface area (Å²) in [5.41, 5.74) is 1.07. The summed E-state index contributed by atoms with van der Waals surface area (Å²) in [4.78, 5) is 25.1. The van der Waals surface area contributed by atoms with Gasteiger partial charge in [0, 0.05) is 6.42 Å². The average Bonchev–Trinajstić information content (AvgIpc) is 2.64. The van der Waals surface area contributed by atoms with Crippen LogP contribution in [-0.2, 0) is 9.59 Å². The number of hydrogen-bond donors (Lipinski definition) is 4. The fourth-order valence-corrected chi connectivity index (χ4v) is 2.80. The second kappa shape index (κ2) is 12.1. The van der Waals surface area contributed by atoms with Crippen LogP contribution in [0.5, 0.6) is 5.75 Å². The molecule has 0 aliphatic rings. The molecule has 1 rings (SSSR count). The Morgan fingerprint density at radius 2 is 1.79 bits per heavy atom. The summed E-state index contributed by atoms with van der Waals surface area (Å²) in [5, 5.41) is 24.3. The van der Waals surface area contributed by atoms with Gasteiger partial charge >= 0.3 is 7.12 Å². The van der Waals surface area contributed by atoms with Crippen molar-refractivity contribution >= 4 is 18.9 Å². The summed E-state index contributed by atoms with van der Waals surface area (Å²) in [6.45, 7) is 7.25. The van der Waals surface area contributed by atoms with Crippen molar-refractivity contribution < 1.29 is 24.4 Å². The molecule has 8 heteroatoms. The largest absolute Gasteiger partial charge is 0.484 e. The van der Waals surface area contributed by atoms with Crippen molar-refractivity contribution in [2.45, 2.75) is 52.5 Å². The predicted octanol–water partition coefficient (Wildman–Crippen LogP) is 1.06. The predicted molar refractivity (Wildman–Crippen MR) is 113 cm³/mol. The van der Waals surface area contributed by atoms with Gasteiger partial charge in [-0.25, -0.2) is 0 Å². The Morgan fingerprint density at radius 1 is 1.17 bits per heavy atom. The van der Waals surface area contributed by atoms with Gasteiger partial charge in [0.05, 0.1) is 5.94 Å². The van der Waals surface area contributed by atoms with E-state index in [1.807, 2.05) is 32.9 Å². The third-order valence-corrected chi connectivity index (χ3v) is 4.41. The van der Waals surface area contributed by atoms with Crippen LogP contribution in [0.4, 0.5) is 0 Å². The Hall–Kier alpha value is -2.50. The SMILES string of the molecule is C#CC[C@H](C)[C@H](NC(=O)COc1ccc(C)cc1)C(=O)N[C@@H](CC(C)C)B(O)O. The number of aryl methyl sites for hydroxylation is 1. The van der Waals surface area contributed by atoms with Crippen LogP contribution in [-0.4, -0.2) is 47.6 Å². The van der Waals surface area contributed by atoms with Crippen molar-refractivity contribution in [2.24, 2.45) is 11.8 Å². The zero-order valence-corrected chi connectivity index (χ0v) is 17.5. The topological polar surface area (TPSA) is 108 Å². The van der Waals surface area contributed by atoms with Gasteiger partial charge in [0.15, 0.2) is 6.61 Å². The van der Waals surface area contributed by atoms with Crippen molar-refractivity contribution in [1.82, 2.24) is 10.6 Å². The number of benzene rings is 1. The minimum Gasteiger partial charge on any atom is -0.484 e. The Labute approximate surface area is 173 Å². The summed E-state index contributed by atoms with van der Waals surface area (Å²) in [7, 11) is -1.70. The maximum Gasteiger partial charge on any atom is 0.475 e. The van der Waals surface area contributed by atoms with E-state index in [1.165, 1.54) is 0 Å². The number of carbonyl (C=O) groups excluding carboxylic acids is 2. The lowest BCUT2D eigenvalue weighted by molar-refractivity contribution is -0.131. The van der Waals surface area contributed by atoms with Crippen molar-refractivity contribution in [3.8, 4) is 18.1 Å². The monoisotopic (exact) mass is 402 g/mol. The third-order valence-electron chi connectivity index (χ3n) is 4.41. The highest BCUT2D eigenvalue weighted by molar-refractivity contribution is 6.43. The van der Waals surface area contributed by atoms with Gasteiger partial charge in [-0.2, -0.15) is 0 Å². The Kier molecular flexibility index (Phi) is 10.3. The summed E-state index contributed by atoms with van der Waals surface area (Å²) in [5.74, 6) is 0.988. The van der Waals surface area contributed by atoms with Gasteiger partial charge in [0.25, 0.3) is 5.91 Å². The first kappa shape index (κ1) is 24.5. The minimum absolute atomic E-state index is 0.140. The highest BCUT2D eigenvalue weighted by Crippen LogP contribution is 2.13. The molecule has 0 fully saturated rings. The van der Waals surface area contributed by atoms with E-state index in [4.69, 9.17) is 11.2 Å². The van der Waals surface area contributed by atoms with Crippen LogP contribution in [0.15, 0.2) is 24.3 Å². The van der Waals surface area contributed by atoms with E-state index in [9.17, 15) is 19.6 Å². The number of nitrogens with one attached hydrogen (secondary N) is 2. The van der Waals surface area contributed by atoms with E-state index in [2.05, 4.69) is 16.6 Å². The normalized spacial score (nSPS) is 13.7. The van der Waals surface area contributed by atoms with E-state index in [1.54, 1.807) is 19.1 Å². The Morgan fingerprint density at radius 3 is 2.31 bits per heavy atom. The van der Waals surface area contributed by atoms with Gasteiger partial charge in [0.1, 0.15) is 11.8 Å². The van der Waals surface area contributed by atoms with Crippen LogP contribution in [0.3, 0.4) is 0 Å². The number of terminal acetylenes is 1. The van der Waals surface area contributed by atoms with E-state index >= 15 is 0 Å². The third kappa shape index (κ3) is 9.03. The second-order valence-corrected chi connectivity index (χ2v) is 7.69. The molecular formula is C21H31BN2O5. The molecule has 0 saturated heterocycles. The molecule has 1 aromatic carbocycles. The zero-order valence-electron chi connectivity index (χ0n) is 17.5. The van der Waals surface area contributed by atoms with Crippen LogP contribution in [0.1, 0.15) is 39.2 Å². The number of hydrogen-bond acceptors (Lipinski definition) is 5. The fourth-order valence-electron chi connectivity index (χ4n) is 2.80. The lowest BCUT2D eigenvalue weighted by atomic mass is 9.74. The molecule has 0 aromatic heterocycles. The molecule has 158 valence electrons. The van der Waals surface area contributed by atoms with Crippen molar-refractivity contribution in [1.29, 1.82) is 0 Å². The molecule has 3 atom stereocenters. The Balaban J connectivity index is 2.77. The number of carbonyl (C=O) groups is 2. The highest BCUT2D eigenvalue weighted by Gasteiger charge is 2.32. The molecular weight excluding hydrogens is 371 g/mol. The summed E-state index contributed by atoms with van der Waals surface area (Å²) in [6, 6.07) is 6.33. The molecule has 0 bridgehead atoms. The van der Waals surface area contributed by atoms with E-state index in [0.717, 1.165) is 5.56 Å². The molecule has 0 aliphatic heterocycles. The summed E-state index contributed by atoms with van der Waals surface area (Å²) < 4.78 is 5.45.